The largest absolute Gasteiger partial charge is 0.466 e. The Hall–Kier alpha value is -3.78. The summed E-state index contributed by atoms with van der Waals surface area (Å²) >= 11 is 0. The molecule has 1 aromatic carbocycles. The monoisotopic (exact) mass is 497 g/mol. The van der Waals surface area contributed by atoms with Crippen LogP contribution in [-0.4, -0.2) is 68.1 Å². The van der Waals surface area contributed by atoms with Gasteiger partial charge in [0, 0.05) is 25.2 Å². The van der Waals surface area contributed by atoms with Gasteiger partial charge in [-0.15, -0.1) is 0 Å². The van der Waals surface area contributed by atoms with Gasteiger partial charge in [0.05, 0.1) is 31.2 Å². The summed E-state index contributed by atoms with van der Waals surface area (Å²) < 4.78 is 10.1. The summed E-state index contributed by atoms with van der Waals surface area (Å²) in [6.45, 7) is 8.00. The molecule has 3 aliphatic heterocycles. The van der Waals surface area contributed by atoms with Crippen LogP contribution in [0.25, 0.3) is 0 Å². The maximum Gasteiger partial charge on any atom is 0.373 e. The lowest BCUT2D eigenvalue weighted by Gasteiger charge is -2.39. The molecule has 3 atom stereocenters. The van der Waals surface area contributed by atoms with Gasteiger partial charge in [-0.1, -0.05) is 31.5 Å². The highest BCUT2D eigenvalue weighted by molar-refractivity contribution is 6.15. The Bertz CT molecular complexity index is 1200. The third-order valence-electron chi connectivity index (χ3n) is 6.93. The lowest BCUT2D eigenvalue weighted by molar-refractivity contribution is -0.191. The van der Waals surface area contributed by atoms with Crippen LogP contribution in [0.3, 0.4) is 0 Å². The van der Waals surface area contributed by atoms with E-state index in [1.54, 1.807) is 4.90 Å². The van der Waals surface area contributed by atoms with Crippen molar-refractivity contribution in [3.05, 3.63) is 40.6 Å². The predicted octanol–water partition coefficient (Wildman–Crippen LogP) is 2.15. The number of likely N-dealkylation sites (N-methyl/N-ethyl adjacent to an activating group) is 1. The van der Waals surface area contributed by atoms with Gasteiger partial charge in [-0.25, -0.2) is 14.6 Å². The smallest absolute Gasteiger partial charge is 0.373 e. The fourth-order valence-electron chi connectivity index (χ4n) is 5.74. The van der Waals surface area contributed by atoms with Crippen LogP contribution in [0.4, 0.5) is 5.69 Å². The number of likely N-dealkylation sites (tertiary alicyclic amines) is 1. The van der Waals surface area contributed by atoms with Gasteiger partial charge in [0.25, 0.3) is 0 Å². The number of carbonyl (C=O) groups excluding carboxylic acids is 5. The zero-order valence-corrected chi connectivity index (χ0v) is 21.6. The molecular weight excluding hydrogens is 466 g/mol. The number of hydrogen-bond acceptors (Lipinski definition) is 9. The second-order valence-electron chi connectivity index (χ2n) is 9.68. The first-order valence-corrected chi connectivity index (χ1v) is 11.6. The standard InChI is InChI=1S/C25H31N3O5.CO2/c1-13(2)10-18(29)28-15(4)12-25-16-11-14(3)8-9-17(16)27(5)21(25)19(22(30)32-6)20(23(31)33-7)26-24(25)28;2-1-3/h8-9,11,13,15,21H,10,12H2,1-7H3;/t15-,21?,25+;/m1./s1. The summed E-state index contributed by atoms with van der Waals surface area (Å²) in [6, 6.07) is 5.42. The van der Waals surface area contributed by atoms with Crippen molar-refractivity contribution < 1.29 is 33.4 Å². The molecule has 3 heterocycles. The molecule has 0 aliphatic carbocycles. The molecule has 0 radical (unpaired) electrons. The number of esters is 2. The van der Waals surface area contributed by atoms with Crippen LogP contribution in [0.5, 0.6) is 0 Å². The fourth-order valence-corrected chi connectivity index (χ4v) is 5.74. The fraction of sp³-hybridized carbons (Fsp3) is 0.500. The summed E-state index contributed by atoms with van der Waals surface area (Å²) in [5.74, 6) is -0.717. The lowest BCUT2D eigenvalue weighted by atomic mass is 9.69. The zero-order chi connectivity index (χ0) is 26.9. The molecule has 1 fully saturated rings. The number of aryl methyl sites for hydroxylation is 1. The molecule has 1 unspecified atom stereocenters. The Balaban J connectivity index is 0.00000115. The minimum Gasteiger partial charge on any atom is -0.466 e. The number of rotatable bonds is 4. The van der Waals surface area contributed by atoms with Crippen molar-refractivity contribution in [3.8, 4) is 0 Å². The first-order valence-electron chi connectivity index (χ1n) is 11.6. The van der Waals surface area contributed by atoms with E-state index in [0.717, 1.165) is 16.8 Å². The first-order chi connectivity index (χ1) is 17.0. The molecule has 10 heteroatoms. The van der Waals surface area contributed by atoms with Crippen LogP contribution < -0.4 is 4.90 Å². The summed E-state index contributed by atoms with van der Waals surface area (Å²) in [7, 11) is 4.44. The summed E-state index contributed by atoms with van der Waals surface area (Å²) in [4.78, 5) is 64.0. The van der Waals surface area contributed by atoms with Crippen molar-refractivity contribution in [1.29, 1.82) is 0 Å². The highest BCUT2D eigenvalue weighted by Gasteiger charge is 2.65. The van der Waals surface area contributed by atoms with E-state index in [0.29, 0.717) is 18.7 Å². The number of benzene rings is 1. The van der Waals surface area contributed by atoms with Gasteiger partial charge in [-0.05, 0) is 37.8 Å². The zero-order valence-electron chi connectivity index (χ0n) is 21.6. The SMILES string of the molecule is COC(=O)C1=C(C(=O)OC)C2N(C)c3ccc(C)cc3[C@@]23C[C@@H](C)N(C(=O)CC(C)C)C3=N1.O=C=O. The normalized spacial score (nSPS) is 23.6. The van der Waals surface area contributed by atoms with Gasteiger partial charge in [0.1, 0.15) is 5.84 Å². The number of amidine groups is 1. The number of aliphatic imine (C=N–C) groups is 1. The second kappa shape index (κ2) is 10.1. The summed E-state index contributed by atoms with van der Waals surface area (Å²) in [5, 5.41) is 0. The molecule has 0 aromatic heterocycles. The lowest BCUT2D eigenvalue weighted by Crippen LogP contribution is -2.55. The molecular formula is C26H31N3O7. The maximum absolute atomic E-state index is 13.4. The van der Waals surface area contributed by atoms with E-state index < -0.39 is 23.4 Å². The quantitative estimate of drug-likeness (QED) is 0.580. The van der Waals surface area contributed by atoms with Crippen molar-refractivity contribution in [3.63, 3.8) is 0 Å². The minimum atomic E-state index is -0.761. The van der Waals surface area contributed by atoms with E-state index >= 15 is 0 Å². The minimum absolute atomic E-state index is 0.0404. The van der Waals surface area contributed by atoms with Gasteiger partial charge >= 0.3 is 18.1 Å². The Morgan fingerprint density at radius 1 is 1.17 bits per heavy atom. The Labute approximate surface area is 209 Å². The van der Waals surface area contributed by atoms with Gasteiger partial charge in [-0.2, -0.15) is 9.59 Å². The molecule has 1 aromatic rings. The molecule has 36 heavy (non-hydrogen) atoms. The van der Waals surface area contributed by atoms with Crippen molar-refractivity contribution >= 4 is 35.5 Å². The van der Waals surface area contributed by atoms with Crippen LogP contribution in [-0.2, 0) is 38.9 Å². The van der Waals surface area contributed by atoms with Crippen molar-refractivity contribution in [2.75, 3.05) is 26.2 Å². The molecule has 0 saturated carbocycles. The molecule has 1 amide bonds. The van der Waals surface area contributed by atoms with Crippen molar-refractivity contribution in [2.24, 2.45) is 10.9 Å². The highest BCUT2D eigenvalue weighted by atomic mass is 16.5. The number of fused-ring (bicyclic) bond motifs is 1. The van der Waals surface area contributed by atoms with E-state index in [9.17, 15) is 14.4 Å². The van der Waals surface area contributed by atoms with Crippen LogP contribution in [0.15, 0.2) is 34.5 Å². The second-order valence-corrected chi connectivity index (χ2v) is 9.68. The number of ether oxygens (including phenoxy) is 2. The number of carbonyl (C=O) groups is 3. The molecule has 192 valence electrons. The molecule has 1 saturated heterocycles. The van der Waals surface area contributed by atoms with E-state index in [-0.39, 0.29) is 35.3 Å². The van der Waals surface area contributed by atoms with E-state index in [4.69, 9.17) is 24.1 Å². The Kier molecular flexibility index (Phi) is 7.50. The first kappa shape index (κ1) is 26.8. The molecule has 0 N–H and O–H groups in total. The third-order valence-corrected chi connectivity index (χ3v) is 6.93. The number of amides is 1. The average molecular weight is 498 g/mol. The van der Waals surface area contributed by atoms with E-state index in [1.807, 2.05) is 51.8 Å². The Morgan fingerprint density at radius 3 is 2.33 bits per heavy atom. The number of nitrogens with zero attached hydrogens (tertiary/aromatic N) is 3. The van der Waals surface area contributed by atoms with Crippen LogP contribution >= 0.6 is 0 Å². The molecule has 1 spiro atoms. The van der Waals surface area contributed by atoms with Gasteiger partial charge in [0.15, 0.2) is 5.70 Å². The average Bonchev–Trinajstić information content (AvgIpc) is 3.25. The Morgan fingerprint density at radius 2 is 1.78 bits per heavy atom. The molecule has 3 aliphatic rings. The molecule has 4 rings (SSSR count). The third kappa shape index (κ3) is 4.01. The van der Waals surface area contributed by atoms with Crippen molar-refractivity contribution in [1.82, 2.24) is 4.90 Å². The van der Waals surface area contributed by atoms with Crippen LogP contribution in [0, 0.1) is 12.8 Å². The van der Waals surface area contributed by atoms with Crippen LogP contribution in [0.2, 0.25) is 0 Å². The summed E-state index contributed by atoms with van der Waals surface area (Å²) in [5.41, 5.74) is 2.31. The maximum atomic E-state index is 13.4. The molecule has 0 bridgehead atoms. The molecule has 10 nitrogen and oxygen atoms in total. The van der Waals surface area contributed by atoms with E-state index in [2.05, 4.69) is 6.07 Å². The van der Waals surface area contributed by atoms with Crippen LogP contribution in [0.1, 0.15) is 44.7 Å². The summed E-state index contributed by atoms with van der Waals surface area (Å²) in [6.07, 6.45) is 1.19. The predicted molar refractivity (Wildman–Crippen MR) is 129 cm³/mol. The van der Waals surface area contributed by atoms with E-state index in [1.165, 1.54) is 14.2 Å². The van der Waals surface area contributed by atoms with Gasteiger partial charge in [-0.3, -0.25) is 9.69 Å². The number of hydrogen-bond donors (Lipinski definition) is 0. The highest BCUT2D eigenvalue weighted by Crippen LogP contribution is 2.57. The topological polar surface area (TPSA) is 123 Å². The number of anilines is 1. The van der Waals surface area contributed by atoms with Crippen molar-refractivity contribution in [2.45, 2.75) is 58.0 Å². The number of methoxy groups -OCH3 is 2. The van der Waals surface area contributed by atoms with Gasteiger partial charge in [0.2, 0.25) is 5.91 Å². The van der Waals surface area contributed by atoms with Gasteiger partial charge < -0.3 is 14.4 Å².